The number of benzene rings is 3. The minimum atomic E-state index is -0.708. The highest BCUT2D eigenvalue weighted by molar-refractivity contribution is 5.88. The van der Waals surface area contributed by atoms with Gasteiger partial charge in [0.25, 0.3) is 0 Å². The van der Waals surface area contributed by atoms with E-state index in [1.54, 1.807) is 13.0 Å². The summed E-state index contributed by atoms with van der Waals surface area (Å²) in [7, 11) is 0. The van der Waals surface area contributed by atoms with Gasteiger partial charge in [-0.3, -0.25) is 0 Å². The van der Waals surface area contributed by atoms with Crippen LogP contribution in [0.2, 0.25) is 0 Å². The summed E-state index contributed by atoms with van der Waals surface area (Å²) in [6.07, 6.45) is 7.71. The summed E-state index contributed by atoms with van der Waals surface area (Å²) < 4.78 is 18.4. The Hall–Kier alpha value is -2.87. The molecule has 1 unspecified atom stereocenters. The van der Waals surface area contributed by atoms with Crippen molar-refractivity contribution in [1.82, 2.24) is 0 Å². The van der Waals surface area contributed by atoms with Gasteiger partial charge in [0, 0.05) is 0 Å². The molecule has 2 heteroatoms. The number of hydrogen-bond acceptors (Lipinski definition) is 1. The largest absolute Gasteiger partial charge is 0.490 e. The van der Waals surface area contributed by atoms with E-state index in [0.29, 0.717) is 13.0 Å². The lowest BCUT2D eigenvalue weighted by Gasteiger charge is -2.07. The number of rotatable bonds is 9. The number of halogens is 1. The van der Waals surface area contributed by atoms with E-state index in [2.05, 4.69) is 73.3 Å². The summed E-state index contributed by atoms with van der Waals surface area (Å²) in [4.78, 5) is 0. The fourth-order valence-electron chi connectivity index (χ4n) is 3.17. The van der Waals surface area contributed by atoms with Gasteiger partial charge >= 0.3 is 0 Å². The minimum Gasteiger partial charge on any atom is -0.490 e. The summed E-state index contributed by atoms with van der Waals surface area (Å²) in [6.45, 7) is 5.81. The van der Waals surface area contributed by atoms with Crippen LogP contribution >= 0.6 is 0 Å². The van der Waals surface area contributed by atoms with Gasteiger partial charge in [-0.25, -0.2) is 4.39 Å². The second-order valence-electron chi connectivity index (χ2n) is 7.06. The Bertz CT molecular complexity index is 938. The Labute approximate surface area is 167 Å². The van der Waals surface area contributed by atoms with Crippen LogP contribution in [0.5, 0.6) is 5.75 Å². The van der Waals surface area contributed by atoms with Gasteiger partial charge in [0.05, 0.1) is 6.17 Å². The predicted molar refractivity (Wildman–Crippen MR) is 119 cm³/mol. The average Bonchev–Trinajstić information content (AvgIpc) is 2.71. The SMILES string of the molecule is C=CCOc1ccc2cc(-c3ccc(/C=C/CCCC(C)F)cc3)ccc2c1. The van der Waals surface area contributed by atoms with E-state index in [-0.39, 0.29) is 0 Å². The van der Waals surface area contributed by atoms with E-state index in [4.69, 9.17) is 4.74 Å². The van der Waals surface area contributed by atoms with Crippen molar-refractivity contribution < 1.29 is 9.13 Å². The fourth-order valence-corrected chi connectivity index (χ4v) is 3.17. The quantitative estimate of drug-likeness (QED) is 0.276. The minimum absolute atomic E-state index is 0.513. The highest BCUT2D eigenvalue weighted by Crippen LogP contribution is 2.27. The molecule has 0 aliphatic carbocycles. The zero-order valence-corrected chi connectivity index (χ0v) is 16.4. The fraction of sp³-hybridized carbons (Fsp3) is 0.231. The van der Waals surface area contributed by atoms with Crippen molar-refractivity contribution in [3.05, 3.63) is 85.0 Å². The number of fused-ring (bicyclic) bond motifs is 1. The molecule has 3 aromatic rings. The van der Waals surface area contributed by atoms with Gasteiger partial charge in [0.15, 0.2) is 0 Å². The molecule has 0 amide bonds. The Kier molecular flexibility index (Phi) is 7.02. The predicted octanol–water partition coefficient (Wildman–Crippen LogP) is 7.61. The van der Waals surface area contributed by atoms with Crippen LogP contribution in [-0.2, 0) is 0 Å². The average molecular weight is 374 g/mol. The topological polar surface area (TPSA) is 9.23 Å². The molecule has 0 heterocycles. The zero-order valence-electron chi connectivity index (χ0n) is 16.4. The van der Waals surface area contributed by atoms with Crippen LogP contribution in [0.4, 0.5) is 4.39 Å². The van der Waals surface area contributed by atoms with E-state index < -0.39 is 6.17 Å². The molecule has 28 heavy (non-hydrogen) atoms. The standard InChI is InChI=1S/C26H27FO/c1-3-17-28-26-16-15-24-18-23(13-14-25(24)19-26)22-11-9-21(10-12-22)8-6-4-5-7-20(2)27/h3,6,8-16,18-20H,1,4-5,7,17H2,2H3/b8-6+. The van der Waals surface area contributed by atoms with Crippen LogP contribution < -0.4 is 4.74 Å². The molecule has 0 saturated carbocycles. The first-order valence-corrected chi connectivity index (χ1v) is 9.84. The van der Waals surface area contributed by atoms with E-state index in [1.165, 1.54) is 22.1 Å². The lowest BCUT2D eigenvalue weighted by atomic mass is 10.00. The molecule has 0 saturated heterocycles. The van der Waals surface area contributed by atoms with Crippen LogP contribution in [0.25, 0.3) is 28.0 Å². The van der Waals surface area contributed by atoms with E-state index >= 15 is 0 Å². The molecule has 0 bridgehead atoms. The van der Waals surface area contributed by atoms with Gasteiger partial charge in [-0.1, -0.05) is 67.3 Å². The maximum absolute atomic E-state index is 12.8. The molecule has 0 aliphatic rings. The van der Waals surface area contributed by atoms with Crippen molar-refractivity contribution in [3.8, 4) is 16.9 Å². The van der Waals surface area contributed by atoms with Gasteiger partial charge in [0.1, 0.15) is 12.4 Å². The van der Waals surface area contributed by atoms with Crippen molar-refractivity contribution in [2.75, 3.05) is 6.61 Å². The van der Waals surface area contributed by atoms with E-state index in [0.717, 1.165) is 24.0 Å². The third-order valence-electron chi connectivity index (χ3n) is 4.71. The second-order valence-corrected chi connectivity index (χ2v) is 7.06. The maximum Gasteiger partial charge on any atom is 0.120 e. The first-order chi connectivity index (χ1) is 13.7. The highest BCUT2D eigenvalue weighted by atomic mass is 19.1. The molecule has 3 aromatic carbocycles. The van der Waals surface area contributed by atoms with Crippen molar-refractivity contribution in [2.45, 2.75) is 32.4 Å². The zero-order chi connectivity index (χ0) is 19.8. The Morgan fingerprint density at radius 2 is 1.68 bits per heavy atom. The Morgan fingerprint density at radius 3 is 2.43 bits per heavy atom. The Morgan fingerprint density at radius 1 is 0.964 bits per heavy atom. The van der Waals surface area contributed by atoms with Crippen molar-refractivity contribution >= 4 is 16.8 Å². The summed E-state index contributed by atoms with van der Waals surface area (Å²) in [5.74, 6) is 0.859. The lowest BCUT2D eigenvalue weighted by Crippen LogP contribution is -1.92. The maximum atomic E-state index is 12.8. The van der Waals surface area contributed by atoms with Gasteiger partial charge in [0.2, 0.25) is 0 Å². The summed E-state index contributed by atoms with van der Waals surface area (Å²) in [5.41, 5.74) is 3.55. The first-order valence-electron chi connectivity index (χ1n) is 9.84. The monoisotopic (exact) mass is 374 g/mol. The van der Waals surface area contributed by atoms with Crippen molar-refractivity contribution in [3.63, 3.8) is 0 Å². The van der Waals surface area contributed by atoms with Gasteiger partial charge in [-0.15, -0.1) is 0 Å². The van der Waals surface area contributed by atoms with E-state index in [9.17, 15) is 4.39 Å². The van der Waals surface area contributed by atoms with Gasteiger partial charge in [-0.2, -0.15) is 0 Å². The third-order valence-corrected chi connectivity index (χ3v) is 4.71. The van der Waals surface area contributed by atoms with E-state index in [1.807, 2.05) is 6.07 Å². The molecule has 144 valence electrons. The number of alkyl halides is 1. The number of ether oxygens (including phenoxy) is 1. The highest BCUT2D eigenvalue weighted by Gasteiger charge is 2.02. The summed E-state index contributed by atoms with van der Waals surface area (Å²) in [5, 5.41) is 2.35. The molecule has 0 aromatic heterocycles. The normalized spacial score (nSPS) is 12.4. The Balaban J connectivity index is 1.68. The molecule has 0 radical (unpaired) electrons. The molecule has 0 N–H and O–H groups in total. The van der Waals surface area contributed by atoms with Crippen LogP contribution in [0, 0.1) is 0 Å². The number of hydrogen-bond donors (Lipinski definition) is 0. The van der Waals surface area contributed by atoms with Crippen LogP contribution in [0.15, 0.2) is 79.4 Å². The van der Waals surface area contributed by atoms with Gasteiger partial charge in [-0.05, 0) is 71.8 Å². The molecule has 1 atom stereocenters. The molecule has 0 aliphatic heterocycles. The molecule has 0 spiro atoms. The molecule has 3 rings (SSSR count). The lowest BCUT2D eigenvalue weighted by molar-refractivity contribution is 0.335. The number of allylic oxidation sites excluding steroid dienone is 1. The van der Waals surface area contributed by atoms with Crippen molar-refractivity contribution in [2.24, 2.45) is 0 Å². The molecule has 0 fully saturated rings. The first kappa shape index (κ1) is 19.9. The molecular formula is C26H27FO. The van der Waals surface area contributed by atoms with Crippen LogP contribution in [0.1, 0.15) is 31.7 Å². The van der Waals surface area contributed by atoms with Gasteiger partial charge < -0.3 is 4.74 Å². The molecular weight excluding hydrogens is 347 g/mol. The molecule has 1 nitrogen and oxygen atoms in total. The van der Waals surface area contributed by atoms with Crippen LogP contribution in [0.3, 0.4) is 0 Å². The van der Waals surface area contributed by atoms with Crippen molar-refractivity contribution in [1.29, 1.82) is 0 Å². The summed E-state index contributed by atoms with van der Waals surface area (Å²) >= 11 is 0. The second kappa shape index (κ2) is 9.89. The smallest absolute Gasteiger partial charge is 0.120 e. The number of unbranched alkanes of at least 4 members (excludes halogenated alkanes) is 1. The summed E-state index contributed by atoms with van der Waals surface area (Å²) in [6, 6.07) is 21.2. The van der Waals surface area contributed by atoms with Crippen LogP contribution in [-0.4, -0.2) is 12.8 Å². The third kappa shape index (κ3) is 5.56.